The molecule has 0 spiro atoms. The largest absolute Gasteiger partial charge is 0.573 e. The zero-order valence-electron chi connectivity index (χ0n) is 24.7. The predicted octanol–water partition coefficient (Wildman–Crippen LogP) is 6.92. The Labute approximate surface area is 267 Å². The molecule has 0 aliphatic carbocycles. The minimum atomic E-state index is -4.76. The summed E-state index contributed by atoms with van der Waals surface area (Å²) in [6.45, 7) is 8.06. The minimum absolute atomic E-state index is 0.0546. The molecule has 1 aliphatic heterocycles. The van der Waals surface area contributed by atoms with E-state index in [0.717, 1.165) is 33.5 Å². The van der Waals surface area contributed by atoms with Gasteiger partial charge in [0, 0.05) is 5.56 Å². The molecule has 1 amide bonds. The standard InChI is InChI=1S/C31H28F3N7O2S2/c1-18(2)25-12-5-19(3)13-26(25)41-27(42)16-45-30(41)37-29(44)38-36-15-22-7-6-21(14-20(22)4)28-35-17-40(39-28)23-8-10-24(11-9-23)43-31(32,33)34/h5-15,17-18H,16H2,1-4H3,(H,38,44)/b36-15+,37-30?. The van der Waals surface area contributed by atoms with Gasteiger partial charge in [0.15, 0.2) is 11.0 Å². The number of aromatic nitrogens is 3. The number of alkyl halides is 3. The Balaban J connectivity index is 1.25. The number of nitrogens with one attached hydrogen (secondary N) is 1. The number of ether oxygens (including phenoxy) is 1. The van der Waals surface area contributed by atoms with Gasteiger partial charge >= 0.3 is 6.36 Å². The topological polar surface area (TPSA) is 97.0 Å². The number of rotatable bonds is 7. The highest BCUT2D eigenvalue weighted by molar-refractivity contribution is 8.15. The van der Waals surface area contributed by atoms with Crippen molar-refractivity contribution in [3.63, 3.8) is 0 Å². The van der Waals surface area contributed by atoms with E-state index in [2.05, 4.69) is 44.2 Å². The number of carbonyl (C=O) groups excluding carboxylic acids is 1. The first-order valence-corrected chi connectivity index (χ1v) is 15.1. The Morgan fingerprint density at radius 2 is 1.87 bits per heavy atom. The van der Waals surface area contributed by atoms with Crippen LogP contribution in [-0.2, 0) is 4.79 Å². The third kappa shape index (κ3) is 7.75. The summed E-state index contributed by atoms with van der Waals surface area (Å²) in [5.74, 6) is 0.561. The molecule has 9 nitrogen and oxygen atoms in total. The molecule has 232 valence electrons. The molecule has 3 aromatic carbocycles. The molecule has 1 fully saturated rings. The van der Waals surface area contributed by atoms with E-state index < -0.39 is 6.36 Å². The van der Waals surface area contributed by atoms with Crippen molar-refractivity contribution < 1.29 is 22.7 Å². The van der Waals surface area contributed by atoms with Crippen LogP contribution >= 0.6 is 24.0 Å². The normalized spacial score (nSPS) is 14.6. The molecule has 2 heterocycles. The summed E-state index contributed by atoms with van der Waals surface area (Å²) < 4.78 is 42.7. The summed E-state index contributed by atoms with van der Waals surface area (Å²) >= 11 is 6.74. The number of hydrogen-bond donors (Lipinski definition) is 1. The zero-order valence-corrected chi connectivity index (χ0v) is 26.3. The maximum atomic E-state index is 12.8. The molecule has 5 rings (SSSR count). The molecule has 1 N–H and O–H groups in total. The lowest BCUT2D eigenvalue weighted by molar-refractivity contribution is -0.274. The van der Waals surface area contributed by atoms with Gasteiger partial charge in [-0.15, -0.1) is 18.3 Å². The molecular weight excluding hydrogens is 624 g/mol. The first-order valence-electron chi connectivity index (χ1n) is 13.7. The van der Waals surface area contributed by atoms with Gasteiger partial charge in [0.25, 0.3) is 0 Å². The van der Waals surface area contributed by atoms with Gasteiger partial charge in [-0.2, -0.15) is 10.1 Å². The molecule has 0 atom stereocenters. The number of thioether (sulfide) groups is 1. The van der Waals surface area contributed by atoms with E-state index in [1.54, 1.807) is 11.1 Å². The zero-order chi connectivity index (χ0) is 32.3. The summed E-state index contributed by atoms with van der Waals surface area (Å²) in [7, 11) is 0. The second kappa shape index (κ2) is 13.2. The molecule has 0 radical (unpaired) electrons. The van der Waals surface area contributed by atoms with E-state index >= 15 is 0 Å². The highest BCUT2D eigenvalue weighted by atomic mass is 32.2. The van der Waals surface area contributed by atoms with E-state index in [-0.39, 0.29) is 28.4 Å². The average Bonchev–Trinajstić information content (AvgIpc) is 3.60. The van der Waals surface area contributed by atoms with Crippen molar-refractivity contribution in [2.24, 2.45) is 10.1 Å². The van der Waals surface area contributed by atoms with E-state index in [1.807, 2.05) is 50.2 Å². The molecule has 45 heavy (non-hydrogen) atoms. The lowest BCUT2D eigenvalue weighted by Crippen LogP contribution is -2.31. The Hall–Kier alpha value is -4.56. The van der Waals surface area contributed by atoms with Crippen LogP contribution in [0.25, 0.3) is 17.1 Å². The van der Waals surface area contributed by atoms with Crippen LogP contribution in [0.2, 0.25) is 0 Å². The summed E-state index contributed by atoms with van der Waals surface area (Å²) in [6.07, 6.45) is -1.67. The number of aliphatic imine (C=N–C) groups is 1. The third-order valence-electron chi connectivity index (χ3n) is 6.73. The fraction of sp³-hybridized carbons (Fsp3) is 0.226. The lowest BCUT2D eigenvalue weighted by Gasteiger charge is -2.22. The van der Waals surface area contributed by atoms with Crippen LogP contribution in [0.3, 0.4) is 0 Å². The predicted molar refractivity (Wildman–Crippen MR) is 174 cm³/mol. The molecule has 0 saturated carbocycles. The van der Waals surface area contributed by atoms with Gasteiger partial charge in [-0.25, -0.2) is 9.67 Å². The molecule has 1 aromatic heterocycles. The summed E-state index contributed by atoms with van der Waals surface area (Å²) in [5, 5.41) is 9.31. The number of hydrogen-bond acceptors (Lipinski definition) is 7. The quantitative estimate of drug-likeness (QED) is 0.132. The lowest BCUT2D eigenvalue weighted by atomic mass is 9.99. The van der Waals surface area contributed by atoms with Crippen LogP contribution < -0.4 is 15.1 Å². The van der Waals surface area contributed by atoms with Crippen LogP contribution in [0.1, 0.15) is 42.0 Å². The Kier molecular flexibility index (Phi) is 9.34. The van der Waals surface area contributed by atoms with E-state index in [9.17, 15) is 18.0 Å². The fourth-order valence-electron chi connectivity index (χ4n) is 4.57. The Morgan fingerprint density at radius 1 is 1.11 bits per heavy atom. The number of hydrazone groups is 1. The van der Waals surface area contributed by atoms with Gasteiger partial charge in [0.1, 0.15) is 12.1 Å². The number of nitrogens with zero attached hydrogens (tertiary/aromatic N) is 6. The smallest absolute Gasteiger partial charge is 0.406 e. The number of carbonyl (C=O) groups is 1. The van der Waals surface area contributed by atoms with Crippen LogP contribution in [0, 0.1) is 13.8 Å². The van der Waals surface area contributed by atoms with Gasteiger partial charge in [-0.1, -0.05) is 49.9 Å². The highest BCUT2D eigenvalue weighted by Crippen LogP contribution is 2.34. The summed E-state index contributed by atoms with van der Waals surface area (Å²) in [5.41, 5.74) is 8.65. The fourth-order valence-corrected chi connectivity index (χ4v) is 5.63. The van der Waals surface area contributed by atoms with Crippen molar-refractivity contribution in [3.05, 3.63) is 89.2 Å². The second-order valence-electron chi connectivity index (χ2n) is 10.4. The number of anilines is 1. The molecule has 14 heteroatoms. The maximum absolute atomic E-state index is 12.8. The summed E-state index contributed by atoms with van der Waals surface area (Å²) in [6, 6.07) is 17.0. The van der Waals surface area contributed by atoms with E-state index in [1.165, 1.54) is 47.0 Å². The number of benzene rings is 3. The van der Waals surface area contributed by atoms with Crippen molar-refractivity contribution in [2.75, 3.05) is 10.7 Å². The van der Waals surface area contributed by atoms with Gasteiger partial charge in [-0.3, -0.25) is 15.1 Å². The molecular formula is C31H28F3N7O2S2. The van der Waals surface area contributed by atoms with Crippen molar-refractivity contribution in [2.45, 2.75) is 40.0 Å². The van der Waals surface area contributed by atoms with Crippen molar-refractivity contribution in [1.29, 1.82) is 0 Å². The van der Waals surface area contributed by atoms with Crippen LogP contribution in [0.4, 0.5) is 18.9 Å². The molecule has 4 aromatic rings. The molecule has 1 aliphatic rings. The number of aryl methyl sites for hydroxylation is 2. The first-order chi connectivity index (χ1) is 21.4. The van der Waals surface area contributed by atoms with Gasteiger partial charge in [-0.05, 0) is 90.6 Å². The molecule has 1 saturated heterocycles. The number of thiocarbonyl (C=S) groups is 1. The highest BCUT2D eigenvalue weighted by Gasteiger charge is 2.32. The third-order valence-corrected chi connectivity index (χ3v) is 7.84. The number of halogens is 3. The number of amides is 1. The average molecular weight is 652 g/mol. The van der Waals surface area contributed by atoms with Gasteiger partial charge in [0.2, 0.25) is 11.0 Å². The van der Waals surface area contributed by atoms with E-state index in [0.29, 0.717) is 16.7 Å². The van der Waals surface area contributed by atoms with E-state index in [4.69, 9.17) is 12.2 Å². The van der Waals surface area contributed by atoms with Crippen molar-refractivity contribution >= 4 is 52.1 Å². The number of amidine groups is 1. The second-order valence-corrected chi connectivity index (χ2v) is 11.8. The van der Waals surface area contributed by atoms with Crippen molar-refractivity contribution in [1.82, 2.24) is 20.2 Å². The Morgan fingerprint density at radius 3 is 2.56 bits per heavy atom. The van der Waals surface area contributed by atoms with Gasteiger partial charge < -0.3 is 4.74 Å². The van der Waals surface area contributed by atoms with Crippen molar-refractivity contribution in [3.8, 4) is 22.8 Å². The molecule has 0 unspecified atom stereocenters. The Bertz CT molecular complexity index is 1800. The minimum Gasteiger partial charge on any atom is -0.406 e. The van der Waals surface area contributed by atoms with Gasteiger partial charge in [0.05, 0.1) is 23.3 Å². The molecule has 0 bridgehead atoms. The van der Waals surface area contributed by atoms with Crippen LogP contribution in [0.5, 0.6) is 5.75 Å². The maximum Gasteiger partial charge on any atom is 0.573 e. The van der Waals surface area contributed by atoms with Crippen LogP contribution in [0.15, 0.2) is 77.1 Å². The SMILES string of the molecule is Cc1ccc(C(C)C)c(N2C(=O)CSC2=NC(=S)N/N=C/c2ccc(-c3ncn(-c4ccc(OC(F)(F)F)cc4)n3)cc2C)c1. The summed E-state index contributed by atoms with van der Waals surface area (Å²) in [4.78, 5) is 23.3. The first kappa shape index (κ1) is 31.9. The monoisotopic (exact) mass is 651 g/mol. The van der Waals surface area contributed by atoms with Crippen LogP contribution in [-0.4, -0.2) is 49.3 Å².